The molecular formula is C19H31N3O2. The van der Waals surface area contributed by atoms with Gasteiger partial charge in [-0.2, -0.15) is 0 Å². The van der Waals surface area contributed by atoms with Crippen LogP contribution in [0.15, 0.2) is 23.2 Å². The molecule has 0 bridgehead atoms. The fourth-order valence-corrected chi connectivity index (χ4v) is 3.25. The number of rotatable bonds is 7. The van der Waals surface area contributed by atoms with Crippen LogP contribution in [0, 0.1) is 19.3 Å². The molecule has 0 amide bonds. The summed E-state index contributed by atoms with van der Waals surface area (Å²) in [5.41, 5.74) is 4.03. The van der Waals surface area contributed by atoms with Crippen LogP contribution < -0.4 is 10.6 Å². The van der Waals surface area contributed by atoms with Gasteiger partial charge >= 0.3 is 0 Å². The first-order valence-corrected chi connectivity index (χ1v) is 8.78. The standard InChI is InChI=1S/C19H31N3O2/c1-15-4-5-17(16(2)12-15)6-9-21-18(20-3)22-13-19(7-10-23)8-11-24-14-19/h4-5,12,23H,6-11,13-14H2,1-3H3,(H2,20,21,22). The molecular weight excluding hydrogens is 302 g/mol. The molecule has 1 aromatic carbocycles. The molecule has 1 aromatic rings. The van der Waals surface area contributed by atoms with Gasteiger partial charge in [0, 0.05) is 38.8 Å². The van der Waals surface area contributed by atoms with Gasteiger partial charge in [-0.1, -0.05) is 23.8 Å². The molecule has 0 spiro atoms. The van der Waals surface area contributed by atoms with Crippen molar-refractivity contribution in [3.05, 3.63) is 34.9 Å². The van der Waals surface area contributed by atoms with Gasteiger partial charge in [-0.15, -0.1) is 0 Å². The number of hydrogen-bond donors (Lipinski definition) is 3. The maximum atomic E-state index is 9.30. The Morgan fingerprint density at radius 2 is 2.17 bits per heavy atom. The Morgan fingerprint density at radius 3 is 2.79 bits per heavy atom. The zero-order valence-electron chi connectivity index (χ0n) is 15.2. The third kappa shape index (κ3) is 5.21. The van der Waals surface area contributed by atoms with E-state index < -0.39 is 0 Å². The number of nitrogens with zero attached hydrogens (tertiary/aromatic N) is 1. The highest BCUT2D eigenvalue weighted by atomic mass is 16.5. The summed E-state index contributed by atoms with van der Waals surface area (Å²) < 4.78 is 5.53. The summed E-state index contributed by atoms with van der Waals surface area (Å²) in [6, 6.07) is 6.59. The predicted octanol–water partition coefficient (Wildman–Crippen LogP) is 1.80. The molecule has 1 heterocycles. The fraction of sp³-hybridized carbons (Fsp3) is 0.632. The van der Waals surface area contributed by atoms with Gasteiger partial charge in [0.25, 0.3) is 0 Å². The van der Waals surface area contributed by atoms with Crippen molar-refractivity contribution in [2.45, 2.75) is 33.1 Å². The molecule has 1 atom stereocenters. The minimum atomic E-state index is 0.0277. The molecule has 24 heavy (non-hydrogen) atoms. The Balaban J connectivity index is 1.80. The average Bonchev–Trinajstić information content (AvgIpc) is 3.02. The molecule has 0 aromatic heterocycles. The minimum absolute atomic E-state index is 0.0277. The van der Waals surface area contributed by atoms with Crippen molar-refractivity contribution >= 4 is 5.96 Å². The molecule has 0 radical (unpaired) electrons. The summed E-state index contributed by atoms with van der Waals surface area (Å²) in [7, 11) is 1.79. The molecule has 1 unspecified atom stereocenters. The van der Waals surface area contributed by atoms with E-state index in [2.05, 4.69) is 47.7 Å². The number of aliphatic hydroxyl groups excluding tert-OH is 1. The predicted molar refractivity (Wildman–Crippen MR) is 98.6 cm³/mol. The Kier molecular flexibility index (Phi) is 7.06. The number of hydrogen-bond acceptors (Lipinski definition) is 3. The minimum Gasteiger partial charge on any atom is -0.396 e. The number of guanidine groups is 1. The van der Waals surface area contributed by atoms with Crippen LogP contribution >= 0.6 is 0 Å². The molecule has 0 aliphatic carbocycles. The van der Waals surface area contributed by atoms with E-state index in [1.165, 1.54) is 16.7 Å². The normalized spacial score (nSPS) is 21.1. The van der Waals surface area contributed by atoms with Gasteiger partial charge in [-0.25, -0.2) is 0 Å². The van der Waals surface area contributed by atoms with E-state index in [0.29, 0.717) is 6.61 Å². The van der Waals surface area contributed by atoms with Gasteiger partial charge in [0.15, 0.2) is 5.96 Å². The molecule has 1 saturated heterocycles. The van der Waals surface area contributed by atoms with Crippen molar-refractivity contribution in [3.8, 4) is 0 Å². The van der Waals surface area contributed by atoms with Gasteiger partial charge in [-0.05, 0) is 44.2 Å². The first kappa shape index (κ1) is 18.7. The first-order chi connectivity index (χ1) is 11.6. The highest BCUT2D eigenvalue weighted by Crippen LogP contribution is 2.31. The molecule has 3 N–H and O–H groups in total. The lowest BCUT2D eigenvalue weighted by atomic mass is 9.84. The Hall–Kier alpha value is -1.59. The van der Waals surface area contributed by atoms with Crippen LogP contribution in [0.3, 0.4) is 0 Å². The number of aliphatic imine (C=N–C) groups is 1. The SMILES string of the molecule is CN=C(NCCc1ccc(C)cc1C)NCC1(CCO)CCOC1. The molecule has 1 aliphatic heterocycles. The average molecular weight is 333 g/mol. The monoisotopic (exact) mass is 333 g/mol. The summed E-state index contributed by atoms with van der Waals surface area (Å²) in [5.74, 6) is 0.809. The third-order valence-electron chi connectivity index (χ3n) is 4.87. The van der Waals surface area contributed by atoms with Crippen LogP contribution in [-0.2, 0) is 11.2 Å². The number of ether oxygens (including phenoxy) is 1. The Labute approximate surface area is 145 Å². The van der Waals surface area contributed by atoms with Crippen molar-refractivity contribution < 1.29 is 9.84 Å². The zero-order chi connectivity index (χ0) is 17.4. The van der Waals surface area contributed by atoms with Gasteiger partial charge < -0.3 is 20.5 Å². The van der Waals surface area contributed by atoms with Crippen molar-refractivity contribution in [2.24, 2.45) is 10.4 Å². The topological polar surface area (TPSA) is 65.9 Å². The van der Waals surface area contributed by atoms with Crippen molar-refractivity contribution in [1.82, 2.24) is 10.6 Å². The largest absolute Gasteiger partial charge is 0.396 e. The van der Waals surface area contributed by atoms with Crippen molar-refractivity contribution in [1.29, 1.82) is 0 Å². The van der Waals surface area contributed by atoms with Crippen LogP contribution in [0.25, 0.3) is 0 Å². The van der Waals surface area contributed by atoms with Crippen LogP contribution in [0.2, 0.25) is 0 Å². The maximum absolute atomic E-state index is 9.30. The lowest BCUT2D eigenvalue weighted by molar-refractivity contribution is 0.127. The summed E-state index contributed by atoms with van der Waals surface area (Å²) >= 11 is 0. The van der Waals surface area contributed by atoms with E-state index in [9.17, 15) is 5.11 Å². The third-order valence-corrected chi connectivity index (χ3v) is 4.87. The Bertz CT molecular complexity index is 552. The highest BCUT2D eigenvalue weighted by Gasteiger charge is 2.34. The summed E-state index contributed by atoms with van der Waals surface area (Å²) in [6.45, 7) is 7.58. The molecule has 2 rings (SSSR count). The summed E-state index contributed by atoms with van der Waals surface area (Å²) in [4.78, 5) is 4.30. The zero-order valence-corrected chi connectivity index (χ0v) is 15.2. The van der Waals surface area contributed by atoms with E-state index >= 15 is 0 Å². The van der Waals surface area contributed by atoms with Crippen LogP contribution in [0.4, 0.5) is 0 Å². The van der Waals surface area contributed by atoms with Crippen molar-refractivity contribution in [2.75, 3.05) is 40.0 Å². The molecule has 5 nitrogen and oxygen atoms in total. The number of aliphatic hydroxyl groups is 1. The van der Waals surface area contributed by atoms with Gasteiger partial charge in [0.1, 0.15) is 0 Å². The second-order valence-corrected chi connectivity index (χ2v) is 6.81. The van der Waals surface area contributed by atoms with Gasteiger partial charge in [-0.3, -0.25) is 4.99 Å². The lowest BCUT2D eigenvalue weighted by Crippen LogP contribution is -2.45. The highest BCUT2D eigenvalue weighted by molar-refractivity contribution is 5.79. The van der Waals surface area contributed by atoms with Gasteiger partial charge in [0.2, 0.25) is 0 Å². The number of benzene rings is 1. The van der Waals surface area contributed by atoms with E-state index in [1.807, 2.05) is 0 Å². The molecule has 0 saturated carbocycles. The fourth-order valence-electron chi connectivity index (χ4n) is 3.25. The quantitative estimate of drug-likeness (QED) is 0.526. The first-order valence-electron chi connectivity index (χ1n) is 8.78. The molecule has 1 fully saturated rings. The Morgan fingerprint density at radius 1 is 1.33 bits per heavy atom. The molecule has 134 valence electrons. The maximum Gasteiger partial charge on any atom is 0.191 e. The second-order valence-electron chi connectivity index (χ2n) is 6.81. The summed E-state index contributed by atoms with van der Waals surface area (Å²) in [6.07, 6.45) is 2.72. The van der Waals surface area contributed by atoms with E-state index in [-0.39, 0.29) is 12.0 Å². The van der Waals surface area contributed by atoms with Gasteiger partial charge in [0.05, 0.1) is 6.61 Å². The number of nitrogens with one attached hydrogen (secondary N) is 2. The molecule has 5 heteroatoms. The van der Waals surface area contributed by atoms with E-state index in [4.69, 9.17) is 4.74 Å². The van der Waals surface area contributed by atoms with Crippen LogP contribution in [0.1, 0.15) is 29.5 Å². The second kappa shape index (κ2) is 9.04. The van der Waals surface area contributed by atoms with E-state index in [0.717, 1.165) is 44.9 Å². The lowest BCUT2D eigenvalue weighted by Gasteiger charge is -2.27. The van der Waals surface area contributed by atoms with Crippen LogP contribution in [-0.4, -0.2) is 51.0 Å². The summed E-state index contributed by atoms with van der Waals surface area (Å²) in [5, 5.41) is 16.1. The van der Waals surface area contributed by atoms with E-state index in [1.54, 1.807) is 7.05 Å². The smallest absolute Gasteiger partial charge is 0.191 e. The molecule has 1 aliphatic rings. The van der Waals surface area contributed by atoms with Crippen molar-refractivity contribution in [3.63, 3.8) is 0 Å². The van der Waals surface area contributed by atoms with Crippen LogP contribution in [0.5, 0.6) is 0 Å². The number of aryl methyl sites for hydroxylation is 2.